The van der Waals surface area contributed by atoms with Crippen LogP contribution in [0.3, 0.4) is 0 Å². The number of hydrogen-bond donors (Lipinski definition) is 1. The topological polar surface area (TPSA) is 68.5 Å². The summed E-state index contributed by atoms with van der Waals surface area (Å²) in [6.45, 7) is 1.85. The van der Waals surface area contributed by atoms with Crippen LogP contribution in [-0.2, 0) is 13.2 Å². The number of aryl methyl sites for hydroxylation is 2. The maximum absolute atomic E-state index is 12.8. The molecule has 0 unspecified atom stereocenters. The van der Waals surface area contributed by atoms with Gasteiger partial charge in [0.05, 0.1) is 5.56 Å². The number of nitrogens with zero attached hydrogens (tertiary/aromatic N) is 5. The molecular weight excluding hydrogens is 321 g/mol. The molecule has 0 aliphatic heterocycles. The van der Waals surface area contributed by atoms with Gasteiger partial charge in [-0.25, -0.2) is 9.97 Å². The van der Waals surface area contributed by atoms with Crippen molar-refractivity contribution >= 4 is 11.6 Å². The maximum Gasteiger partial charge on any atom is 0.416 e. The van der Waals surface area contributed by atoms with Crippen molar-refractivity contribution in [3.8, 4) is 11.5 Å². The second-order valence-electron chi connectivity index (χ2n) is 5.23. The van der Waals surface area contributed by atoms with Gasteiger partial charge in [0.2, 0.25) is 0 Å². The van der Waals surface area contributed by atoms with E-state index < -0.39 is 11.7 Å². The minimum atomic E-state index is -4.43. The summed E-state index contributed by atoms with van der Waals surface area (Å²) in [5, 5.41) is 10.6. The molecule has 3 aromatic heterocycles. The fraction of sp³-hybridized carbons (Fsp3) is 0.200. The highest BCUT2D eigenvalue weighted by Gasteiger charge is 2.30. The van der Waals surface area contributed by atoms with Crippen LogP contribution in [0.15, 0.2) is 36.8 Å². The zero-order chi connectivity index (χ0) is 17.3. The van der Waals surface area contributed by atoms with Crippen molar-refractivity contribution < 1.29 is 13.2 Å². The van der Waals surface area contributed by atoms with Gasteiger partial charge in [0.25, 0.3) is 0 Å². The molecule has 0 saturated heterocycles. The van der Waals surface area contributed by atoms with Crippen LogP contribution in [0.25, 0.3) is 11.5 Å². The fourth-order valence-electron chi connectivity index (χ4n) is 2.17. The van der Waals surface area contributed by atoms with E-state index in [1.807, 2.05) is 13.0 Å². The van der Waals surface area contributed by atoms with Crippen LogP contribution in [0, 0.1) is 6.92 Å². The Bertz CT molecular complexity index is 872. The molecule has 0 atom stereocenters. The van der Waals surface area contributed by atoms with Gasteiger partial charge in [0.1, 0.15) is 23.7 Å². The highest BCUT2D eigenvalue weighted by atomic mass is 19.4. The molecule has 6 nitrogen and oxygen atoms in total. The first-order chi connectivity index (χ1) is 11.3. The summed E-state index contributed by atoms with van der Waals surface area (Å²) in [7, 11) is 1.78. The minimum absolute atomic E-state index is 0.0619. The van der Waals surface area contributed by atoms with Crippen LogP contribution >= 0.6 is 0 Å². The van der Waals surface area contributed by atoms with Gasteiger partial charge >= 0.3 is 6.18 Å². The van der Waals surface area contributed by atoms with Gasteiger partial charge in [0.15, 0.2) is 5.82 Å². The summed E-state index contributed by atoms with van der Waals surface area (Å²) >= 11 is 0. The number of alkyl halides is 3. The molecule has 3 heterocycles. The van der Waals surface area contributed by atoms with Crippen LogP contribution in [0.2, 0.25) is 0 Å². The van der Waals surface area contributed by atoms with Crippen LogP contribution in [0.5, 0.6) is 0 Å². The first-order valence-corrected chi connectivity index (χ1v) is 6.96. The lowest BCUT2D eigenvalue weighted by molar-refractivity contribution is -0.137. The summed E-state index contributed by atoms with van der Waals surface area (Å²) in [6.07, 6.45) is -1.78. The van der Waals surface area contributed by atoms with E-state index in [4.69, 9.17) is 0 Å². The lowest BCUT2D eigenvalue weighted by Crippen LogP contribution is -2.06. The molecule has 3 aromatic rings. The maximum atomic E-state index is 12.8. The van der Waals surface area contributed by atoms with Crippen LogP contribution in [0.1, 0.15) is 11.1 Å². The van der Waals surface area contributed by atoms with Crippen LogP contribution in [0.4, 0.5) is 24.8 Å². The molecule has 24 heavy (non-hydrogen) atoms. The first kappa shape index (κ1) is 15.9. The smallest absolute Gasteiger partial charge is 0.325 e. The molecule has 0 aliphatic carbocycles. The Hall–Kier alpha value is -2.97. The average Bonchev–Trinajstić information content (AvgIpc) is 2.92. The number of halogens is 3. The molecule has 0 saturated carbocycles. The van der Waals surface area contributed by atoms with Gasteiger partial charge in [-0.1, -0.05) is 0 Å². The zero-order valence-electron chi connectivity index (χ0n) is 12.8. The predicted molar refractivity (Wildman–Crippen MR) is 81.5 cm³/mol. The van der Waals surface area contributed by atoms with Gasteiger partial charge in [-0.05, 0) is 36.8 Å². The third kappa shape index (κ3) is 3.34. The molecule has 0 spiro atoms. The van der Waals surface area contributed by atoms with Crippen LogP contribution < -0.4 is 5.32 Å². The second-order valence-corrected chi connectivity index (χ2v) is 5.23. The van der Waals surface area contributed by atoms with Gasteiger partial charge in [-0.2, -0.15) is 13.2 Å². The molecule has 0 aliphatic rings. The van der Waals surface area contributed by atoms with E-state index >= 15 is 0 Å². The van der Waals surface area contributed by atoms with E-state index in [1.54, 1.807) is 24.0 Å². The molecule has 0 aromatic carbocycles. The lowest BCUT2D eigenvalue weighted by atomic mass is 10.2. The first-order valence-electron chi connectivity index (χ1n) is 6.96. The highest BCUT2D eigenvalue weighted by Crippen LogP contribution is 2.30. The van der Waals surface area contributed by atoms with Gasteiger partial charge < -0.3 is 9.88 Å². The lowest BCUT2D eigenvalue weighted by Gasteiger charge is -2.11. The average molecular weight is 334 g/mol. The number of anilines is 2. The van der Waals surface area contributed by atoms with Gasteiger partial charge in [0, 0.05) is 13.2 Å². The van der Waals surface area contributed by atoms with Crippen molar-refractivity contribution in [1.82, 2.24) is 24.7 Å². The Morgan fingerprint density at radius 1 is 1.12 bits per heavy atom. The van der Waals surface area contributed by atoms with Crippen molar-refractivity contribution in [2.45, 2.75) is 13.1 Å². The SMILES string of the molecule is Cc1cc(Nc2cc(C(F)(F)F)ccn2)nc(-c2nncn2C)c1. The van der Waals surface area contributed by atoms with Crippen molar-refractivity contribution in [3.63, 3.8) is 0 Å². The van der Waals surface area contributed by atoms with Gasteiger partial charge in [-0.3, -0.25) is 0 Å². The Balaban J connectivity index is 1.94. The zero-order valence-corrected chi connectivity index (χ0v) is 12.8. The predicted octanol–water partition coefficient (Wildman–Crippen LogP) is 3.34. The summed E-state index contributed by atoms with van der Waals surface area (Å²) in [5.41, 5.74) is 0.656. The van der Waals surface area contributed by atoms with Crippen molar-refractivity contribution in [1.29, 1.82) is 0 Å². The Morgan fingerprint density at radius 2 is 1.92 bits per heavy atom. The van der Waals surface area contributed by atoms with Crippen molar-refractivity contribution in [2.75, 3.05) is 5.32 Å². The molecule has 0 radical (unpaired) electrons. The standard InChI is InChI=1S/C15H13F3N6/c1-9-5-11(14-23-20-8-24(14)2)21-13(6-9)22-12-7-10(3-4-19-12)15(16,17)18/h3-8H,1-2H3,(H,19,21,22). The monoisotopic (exact) mass is 334 g/mol. The summed E-state index contributed by atoms with van der Waals surface area (Å²) in [6, 6.07) is 5.38. The van der Waals surface area contributed by atoms with E-state index in [0.29, 0.717) is 17.3 Å². The molecule has 0 bridgehead atoms. The van der Waals surface area contributed by atoms with Crippen LogP contribution in [-0.4, -0.2) is 24.7 Å². The minimum Gasteiger partial charge on any atom is -0.325 e. The highest BCUT2D eigenvalue weighted by molar-refractivity contribution is 5.60. The fourth-order valence-corrected chi connectivity index (χ4v) is 2.17. The second kappa shape index (κ2) is 5.91. The third-order valence-electron chi connectivity index (χ3n) is 3.25. The summed E-state index contributed by atoms with van der Waals surface area (Å²) < 4.78 is 40.0. The van der Waals surface area contributed by atoms with Gasteiger partial charge in [-0.15, -0.1) is 10.2 Å². The van der Waals surface area contributed by atoms with E-state index in [9.17, 15) is 13.2 Å². The number of rotatable bonds is 3. The number of nitrogens with one attached hydrogen (secondary N) is 1. The quantitative estimate of drug-likeness (QED) is 0.795. The Morgan fingerprint density at radius 3 is 2.58 bits per heavy atom. The number of aromatic nitrogens is 5. The van der Waals surface area contributed by atoms with E-state index in [2.05, 4.69) is 25.5 Å². The normalized spacial score (nSPS) is 11.5. The van der Waals surface area contributed by atoms with E-state index in [1.165, 1.54) is 0 Å². The molecule has 3 rings (SSSR count). The number of hydrogen-bond acceptors (Lipinski definition) is 5. The summed E-state index contributed by atoms with van der Waals surface area (Å²) in [5.74, 6) is 0.991. The number of pyridine rings is 2. The summed E-state index contributed by atoms with van der Waals surface area (Å²) in [4.78, 5) is 8.27. The molecule has 9 heteroatoms. The molecule has 0 fully saturated rings. The largest absolute Gasteiger partial charge is 0.416 e. The van der Waals surface area contributed by atoms with Crippen molar-refractivity contribution in [3.05, 3.63) is 47.9 Å². The molecule has 0 amide bonds. The van der Waals surface area contributed by atoms with Crippen molar-refractivity contribution in [2.24, 2.45) is 7.05 Å². The molecule has 1 N–H and O–H groups in total. The third-order valence-corrected chi connectivity index (χ3v) is 3.25. The van der Waals surface area contributed by atoms with E-state index in [0.717, 1.165) is 23.9 Å². The molecule has 124 valence electrons. The Kier molecular flexibility index (Phi) is 3.92. The molecular formula is C15H13F3N6. The Labute approximate surface area is 135 Å². The van der Waals surface area contributed by atoms with E-state index in [-0.39, 0.29) is 5.82 Å².